The van der Waals surface area contributed by atoms with Gasteiger partial charge in [-0.25, -0.2) is 13.1 Å². The number of methoxy groups -OCH3 is 1. The maximum atomic E-state index is 12.6. The van der Waals surface area contributed by atoms with Gasteiger partial charge in [-0.2, -0.15) is 4.98 Å². The fraction of sp³-hybridized carbons (Fsp3) is 0.300. The highest BCUT2D eigenvalue weighted by Crippen LogP contribution is 2.31. The van der Waals surface area contributed by atoms with Gasteiger partial charge in [-0.3, -0.25) is 4.90 Å². The molecule has 0 radical (unpaired) electrons. The lowest BCUT2D eigenvalue weighted by Crippen LogP contribution is -2.36. The molecule has 1 fully saturated rings. The van der Waals surface area contributed by atoms with Crippen molar-refractivity contribution < 1.29 is 17.7 Å². The lowest BCUT2D eigenvalue weighted by Gasteiger charge is -2.14. The summed E-state index contributed by atoms with van der Waals surface area (Å²) < 4.78 is 38.6. The van der Waals surface area contributed by atoms with Gasteiger partial charge in [0.25, 0.3) is 0 Å². The molecule has 0 aliphatic carbocycles. The number of likely N-dealkylation sites (tertiary alicyclic amines) is 1. The van der Waals surface area contributed by atoms with Gasteiger partial charge in [-0.05, 0) is 49.9 Å². The van der Waals surface area contributed by atoms with E-state index in [9.17, 15) is 8.42 Å². The lowest BCUT2D eigenvalue weighted by molar-refractivity contribution is 0.244. The third-order valence-corrected chi connectivity index (χ3v) is 6.53. The molecule has 2 unspecified atom stereocenters. The first-order chi connectivity index (χ1) is 14.0. The first-order valence-corrected chi connectivity index (χ1v) is 10.7. The van der Waals surface area contributed by atoms with Gasteiger partial charge < -0.3 is 9.26 Å². The molecule has 1 aromatic heterocycles. The van der Waals surface area contributed by atoms with Crippen molar-refractivity contribution in [2.75, 3.05) is 20.7 Å². The third-order valence-electron chi connectivity index (χ3n) is 5.00. The number of nitrogens with one attached hydrogen (secondary N) is 1. The number of aromatic nitrogens is 2. The van der Waals surface area contributed by atoms with E-state index in [-0.39, 0.29) is 17.0 Å². The van der Waals surface area contributed by atoms with Gasteiger partial charge in [0.05, 0.1) is 18.0 Å². The molecule has 4 rings (SSSR count). The molecule has 1 N–H and O–H groups in total. The second kappa shape index (κ2) is 7.94. The Kier molecular flexibility index (Phi) is 5.35. The maximum absolute atomic E-state index is 12.6. The monoisotopic (exact) mass is 414 g/mol. The van der Waals surface area contributed by atoms with E-state index in [0.29, 0.717) is 24.7 Å². The lowest BCUT2D eigenvalue weighted by atomic mass is 10.2. The first kappa shape index (κ1) is 19.6. The van der Waals surface area contributed by atoms with E-state index in [4.69, 9.17) is 9.26 Å². The summed E-state index contributed by atoms with van der Waals surface area (Å²) in [6, 6.07) is 15.4. The van der Waals surface area contributed by atoms with Crippen molar-refractivity contribution in [1.29, 1.82) is 0 Å². The Morgan fingerprint density at radius 1 is 1.14 bits per heavy atom. The largest absolute Gasteiger partial charge is 0.497 e. The zero-order chi connectivity index (χ0) is 20.4. The third kappa shape index (κ3) is 4.16. The Balaban J connectivity index is 1.47. The fourth-order valence-corrected chi connectivity index (χ4v) is 4.75. The van der Waals surface area contributed by atoms with Crippen molar-refractivity contribution in [1.82, 2.24) is 19.8 Å². The van der Waals surface area contributed by atoms with Crippen LogP contribution in [0.2, 0.25) is 0 Å². The summed E-state index contributed by atoms with van der Waals surface area (Å²) in [5.41, 5.74) is 0.822. The fourth-order valence-electron chi connectivity index (χ4n) is 3.49. The molecule has 1 aliphatic rings. The Morgan fingerprint density at radius 3 is 2.55 bits per heavy atom. The van der Waals surface area contributed by atoms with Gasteiger partial charge in [0.2, 0.25) is 21.7 Å². The standard InChI is InChI=1S/C20H22N4O4S/c1-24-13-15(23-29(25,26)17-6-4-3-5-7-17)12-18(24)20-21-19(22-28-20)14-8-10-16(27-2)11-9-14/h3-11,15,18,23H,12-13H2,1-2H3. The van der Waals surface area contributed by atoms with E-state index in [1.165, 1.54) is 0 Å². The molecule has 9 heteroatoms. The Bertz CT molecular complexity index is 1070. The molecule has 2 atom stereocenters. The highest BCUT2D eigenvalue weighted by Gasteiger charge is 2.36. The summed E-state index contributed by atoms with van der Waals surface area (Å²) in [5.74, 6) is 1.71. The molecule has 0 amide bonds. The molecule has 0 saturated carbocycles. The van der Waals surface area contributed by atoms with Crippen molar-refractivity contribution in [3.63, 3.8) is 0 Å². The second-order valence-electron chi connectivity index (χ2n) is 7.01. The minimum Gasteiger partial charge on any atom is -0.497 e. The number of hydrogen-bond acceptors (Lipinski definition) is 7. The van der Waals surface area contributed by atoms with Crippen LogP contribution in [0.1, 0.15) is 18.4 Å². The summed E-state index contributed by atoms with van der Waals surface area (Å²) >= 11 is 0. The summed E-state index contributed by atoms with van der Waals surface area (Å²) in [6.45, 7) is 0.553. The Labute approximate surface area is 169 Å². The van der Waals surface area contributed by atoms with Crippen molar-refractivity contribution in [3.8, 4) is 17.1 Å². The average molecular weight is 414 g/mol. The quantitative estimate of drug-likeness (QED) is 0.662. The summed E-state index contributed by atoms with van der Waals surface area (Å²) in [7, 11) is -0.0460. The van der Waals surface area contributed by atoms with Gasteiger partial charge >= 0.3 is 0 Å². The molecule has 2 heterocycles. The van der Waals surface area contributed by atoms with Crippen LogP contribution in [0.5, 0.6) is 5.75 Å². The van der Waals surface area contributed by atoms with Gasteiger partial charge in [-0.15, -0.1) is 0 Å². The molecule has 8 nitrogen and oxygen atoms in total. The summed E-state index contributed by atoms with van der Waals surface area (Å²) in [6.07, 6.45) is 0.548. The van der Waals surface area contributed by atoms with Gasteiger partial charge in [0.1, 0.15) is 5.75 Å². The van der Waals surface area contributed by atoms with E-state index < -0.39 is 10.0 Å². The summed E-state index contributed by atoms with van der Waals surface area (Å²) in [4.78, 5) is 6.79. The first-order valence-electron chi connectivity index (χ1n) is 9.22. The highest BCUT2D eigenvalue weighted by molar-refractivity contribution is 7.89. The van der Waals surface area contributed by atoms with E-state index in [0.717, 1.165) is 11.3 Å². The molecule has 1 saturated heterocycles. The van der Waals surface area contributed by atoms with Crippen molar-refractivity contribution in [2.24, 2.45) is 0 Å². The van der Waals surface area contributed by atoms with Crippen LogP contribution in [0.4, 0.5) is 0 Å². The SMILES string of the molecule is COc1ccc(-c2noc(C3CC(NS(=O)(=O)c4ccccc4)CN3C)n2)cc1. The highest BCUT2D eigenvalue weighted by atomic mass is 32.2. The van der Waals surface area contributed by atoms with Crippen LogP contribution in [0.3, 0.4) is 0 Å². The molecule has 29 heavy (non-hydrogen) atoms. The number of ether oxygens (including phenoxy) is 1. The molecule has 152 valence electrons. The number of sulfonamides is 1. The number of benzene rings is 2. The van der Waals surface area contributed by atoms with Crippen molar-refractivity contribution in [3.05, 3.63) is 60.5 Å². The van der Waals surface area contributed by atoms with Gasteiger partial charge in [0.15, 0.2) is 0 Å². The van der Waals surface area contributed by atoms with Crippen LogP contribution < -0.4 is 9.46 Å². The van der Waals surface area contributed by atoms with Gasteiger partial charge in [-0.1, -0.05) is 23.4 Å². The van der Waals surface area contributed by atoms with Crippen LogP contribution in [0.15, 0.2) is 64.0 Å². The predicted molar refractivity (Wildman–Crippen MR) is 107 cm³/mol. The smallest absolute Gasteiger partial charge is 0.244 e. The van der Waals surface area contributed by atoms with E-state index in [1.807, 2.05) is 36.2 Å². The predicted octanol–water partition coefficient (Wildman–Crippen LogP) is 2.47. The number of rotatable bonds is 6. The van der Waals surface area contributed by atoms with Gasteiger partial charge in [0, 0.05) is 18.2 Å². The van der Waals surface area contributed by atoms with Crippen LogP contribution >= 0.6 is 0 Å². The number of nitrogens with zero attached hydrogens (tertiary/aromatic N) is 3. The van der Waals surface area contributed by atoms with Crippen LogP contribution in [-0.2, 0) is 10.0 Å². The van der Waals surface area contributed by atoms with Crippen molar-refractivity contribution >= 4 is 10.0 Å². The Morgan fingerprint density at radius 2 is 1.86 bits per heavy atom. The van der Waals surface area contributed by atoms with E-state index >= 15 is 0 Å². The Hall–Kier alpha value is -2.75. The van der Waals surface area contributed by atoms with E-state index in [2.05, 4.69) is 14.9 Å². The summed E-state index contributed by atoms with van der Waals surface area (Å²) in [5, 5.41) is 4.08. The number of hydrogen-bond donors (Lipinski definition) is 1. The van der Waals surface area contributed by atoms with Crippen molar-refractivity contribution in [2.45, 2.75) is 23.4 Å². The second-order valence-corrected chi connectivity index (χ2v) is 8.72. The average Bonchev–Trinajstić information content (AvgIpc) is 3.35. The molecule has 3 aromatic rings. The van der Waals surface area contributed by atoms with Crippen LogP contribution in [-0.4, -0.2) is 50.2 Å². The zero-order valence-electron chi connectivity index (χ0n) is 16.1. The van der Waals surface area contributed by atoms with E-state index in [1.54, 1.807) is 37.4 Å². The minimum atomic E-state index is -3.57. The minimum absolute atomic E-state index is 0.155. The molecule has 1 aliphatic heterocycles. The molecule has 0 spiro atoms. The molecular formula is C20H22N4O4S. The molecule has 2 aromatic carbocycles. The van der Waals surface area contributed by atoms with Crippen LogP contribution in [0.25, 0.3) is 11.4 Å². The normalized spacial score (nSPS) is 20.1. The van der Waals surface area contributed by atoms with Crippen LogP contribution in [0, 0.1) is 0 Å². The molecular weight excluding hydrogens is 392 g/mol. The molecule has 0 bridgehead atoms. The topological polar surface area (TPSA) is 97.6 Å². The number of likely N-dealkylation sites (N-methyl/N-ethyl adjacent to an activating group) is 1. The zero-order valence-corrected chi connectivity index (χ0v) is 17.0. The maximum Gasteiger partial charge on any atom is 0.244 e.